The van der Waals surface area contributed by atoms with E-state index in [2.05, 4.69) is 15.6 Å². The standard InChI is InChI=1S/C10H13N3O3/c14-7-1-4-12-9(15)10(16)13-8-2-5-11-6-3-8/h2-3,5-6,14H,1,4,7H2,(H,12,15)(H,11,13,16). The average Bonchev–Trinajstić information content (AvgIpc) is 2.30. The highest BCUT2D eigenvalue weighted by atomic mass is 16.3. The number of nitrogens with zero attached hydrogens (tertiary/aromatic N) is 1. The van der Waals surface area contributed by atoms with Crippen LogP contribution in [-0.4, -0.2) is 35.1 Å². The van der Waals surface area contributed by atoms with Gasteiger partial charge in [-0.2, -0.15) is 0 Å². The summed E-state index contributed by atoms with van der Waals surface area (Å²) in [6, 6.07) is 3.16. The molecule has 0 fully saturated rings. The van der Waals surface area contributed by atoms with Crippen LogP contribution < -0.4 is 10.6 Å². The Bertz CT molecular complexity index is 354. The fourth-order valence-corrected chi connectivity index (χ4v) is 0.984. The molecule has 1 rings (SSSR count). The minimum Gasteiger partial charge on any atom is -0.396 e. The molecule has 1 heterocycles. The smallest absolute Gasteiger partial charge is 0.313 e. The first-order chi connectivity index (χ1) is 7.74. The topological polar surface area (TPSA) is 91.3 Å². The number of carbonyl (C=O) groups is 2. The van der Waals surface area contributed by atoms with E-state index in [1.165, 1.54) is 12.4 Å². The summed E-state index contributed by atoms with van der Waals surface area (Å²) in [5.41, 5.74) is 0.511. The van der Waals surface area contributed by atoms with Crippen LogP contribution in [0.15, 0.2) is 24.5 Å². The van der Waals surface area contributed by atoms with E-state index in [9.17, 15) is 9.59 Å². The number of amides is 2. The largest absolute Gasteiger partial charge is 0.396 e. The molecule has 0 aliphatic heterocycles. The van der Waals surface area contributed by atoms with Crippen molar-refractivity contribution in [2.24, 2.45) is 0 Å². The van der Waals surface area contributed by atoms with Crippen LogP contribution in [0.5, 0.6) is 0 Å². The third-order valence-corrected chi connectivity index (χ3v) is 1.76. The van der Waals surface area contributed by atoms with E-state index in [1.54, 1.807) is 12.1 Å². The molecule has 0 radical (unpaired) electrons. The van der Waals surface area contributed by atoms with Gasteiger partial charge in [-0.1, -0.05) is 0 Å². The lowest BCUT2D eigenvalue weighted by Crippen LogP contribution is -2.36. The van der Waals surface area contributed by atoms with Gasteiger partial charge in [0.05, 0.1) is 0 Å². The summed E-state index contributed by atoms with van der Waals surface area (Å²) in [7, 11) is 0. The lowest BCUT2D eigenvalue weighted by Gasteiger charge is -2.05. The number of nitrogens with one attached hydrogen (secondary N) is 2. The van der Waals surface area contributed by atoms with Gasteiger partial charge in [0.1, 0.15) is 0 Å². The third kappa shape index (κ3) is 4.05. The Labute approximate surface area is 92.7 Å². The Morgan fingerprint density at radius 1 is 1.25 bits per heavy atom. The fraction of sp³-hybridized carbons (Fsp3) is 0.300. The van der Waals surface area contributed by atoms with Crippen LogP contribution >= 0.6 is 0 Å². The van der Waals surface area contributed by atoms with E-state index in [0.29, 0.717) is 12.1 Å². The predicted molar refractivity (Wildman–Crippen MR) is 57.6 cm³/mol. The summed E-state index contributed by atoms with van der Waals surface area (Å²) in [6.07, 6.45) is 3.45. The number of anilines is 1. The maximum absolute atomic E-state index is 11.3. The third-order valence-electron chi connectivity index (χ3n) is 1.76. The minimum atomic E-state index is -0.732. The van der Waals surface area contributed by atoms with Crippen LogP contribution in [0.2, 0.25) is 0 Å². The van der Waals surface area contributed by atoms with E-state index in [0.717, 1.165) is 0 Å². The summed E-state index contributed by atoms with van der Waals surface area (Å²) in [5.74, 6) is -1.45. The lowest BCUT2D eigenvalue weighted by atomic mass is 10.4. The van der Waals surface area contributed by atoms with Gasteiger partial charge in [0.25, 0.3) is 0 Å². The summed E-state index contributed by atoms with van der Waals surface area (Å²) in [4.78, 5) is 26.3. The first kappa shape index (κ1) is 12.1. The van der Waals surface area contributed by atoms with Crippen molar-refractivity contribution in [2.75, 3.05) is 18.5 Å². The Kier molecular flexibility index (Phi) is 4.94. The molecule has 0 spiro atoms. The van der Waals surface area contributed by atoms with Crippen molar-refractivity contribution in [3.05, 3.63) is 24.5 Å². The van der Waals surface area contributed by atoms with E-state index < -0.39 is 11.8 Å². The molecule has 2 amide bonds. The molecule has 0 unspecified atom stereocenters. The summed E-state index contributed by atoms with van der Waals surface area (Å²) < 4.78 is 0. The molecule has 86 valence electrons. The number of pyridine rings is 1. The fourth-order valence-electron chi connectivity index (χ4n) is 0.984. The first-order valence-corrected chi connectivity index (χ1v) is 4.84. The second-order valence-corrected chi connectivity index (χ2v) is 3.02. The maximum atomic E-state index is 11.3. The number of aliphatic hydroxyl groups is 1. The van der Waals surface area contributed by atoms with Gasteiger partial charge in [0, 0.05) is 31.2 Å². The molecular formula is C10H13N3O3. The van der Waals surface area contributed by atoms with Gasteiger partial charge >= 0.3 is 11.8 Å². The lowest BCUT2D eigenvalue weighted by molar-refractivity contribution is -0.136. The highest BCUT2D eigenvalue weighted by Crippen LogP contribution is 2.02. The molecule has 16 heavy (non-hydrogen) atoms. The molecule has 0 saturated carbocycles. The van der Waals surface area contributed by atoms with Crippen LogP contribution in [0, 0.1) is 0 Å². The van der Waals surface area contributed by atoms with Gasteiger partial charge in [-0.15, -0.1) is 0 Å². The van der Waals surface area contributed by atoms with Crippen molar-refractivity contribution in [1.82, 2.24) is 10.3 Å². The molecular weight excluding hydrogens is 210 g/mol. The Morgan fingerprint density at radius 3 is 2.56 bits per heavy atom. The monoisotopic (exact) mass is 223 g/mol. The van der Waals surface area contributed by atoms with Crippen molar-refractivity contribution in [3.63, 3.8) is 0 Å². The second kappa shape index (κ2) is 6.52. The number of aromatic nitrogens is 1. The zero-order valence-corrected chi connectivity index (χ0v) is 8.64. The molecule has 6 heteroatoms. The molecule has 0 saturated heterocycles. The number of rotatable bonds is 4. The van der Waals surface area contributed by atoms with E-state index in [4.69, 9.17) is 5.11 Å². The van der Waals surface area contributed by atoms with Gasteiger partial charge in [0.15, 0.2) is 0 Å². The molecule has 3 N–H and O–H groups in total. The summed E-state index contributed by atoms with van der Waals surface area (Å²) in [6.45, 7) is 0.255. The second-order valence-electron chi connectivity index (χ2n) is 3.02. The average molecular weight is 223 g/mol. The number of hydrogen-bond donors (Lipinski definition) is 3. The molecule has 0 bridgehead atoms. The van der Waals surface area contributed by atoms with Crippen molar-refractivity contribution in [1.29, 1.82) is 0 Å². The van der Waals surface area contributed by atoms with Gasteiger partial charge in [-0.25, -0.2) is 0 Å². The highest BCUT2D eigenvalue weighted by Gasteiger charge is 2.12. The molecule has 0 atom stereocenters. The summed E-state index contributed by atoms with van der Waals surface area (Å²) >= 11 is 0. The highest BCUT2D eigenvalue weighted by molar-refractivity contribution is 6.39. The normalized spacial score (nSPS) is 9.56. The molecule has 1 aromatic rings. The Balaban J connectivity index is 2.38. The van der Waals surface area contributed by atoms with E-state index in [-0.39, 0.29) is 13.2 Å². The zero-order valence-electron chi connectivity index (χ0n) is 8.64. The van der Waals surface area contributed by atoms with Crippen LogP contribution in [0.3, 0.4) is 0 Å². The quantitative estimate of drug-likeness (QED) is 0.475. The van der Waals surface area contributed by atoms with Crippen molar-refractivity contribution in [2.45, 2.75) is 6.42 Å². The van der Waals surface area contributed by atoms with Crippen molar-refractivity contribution in [3.8, 4) is 0 Å². The van der Waals surface area contributed by atoms with Crippen LogP contribution in [0.25, 0.3) is 0 Å². The zero-order chi connectivity index (χ0) is 11.8. The predicted octanol–water partition coefficient (Wildman–Crippen LogP) is -0.481. The van der Waals surface area contributed by atoms with Crippen LogP contribution in [-0.2, 0) is 9.59 Å². The van der Waals surface area contributed by atoms with Gasteiger partial charge < -0.3 is 15.7 Å². The molecule has 0 aliphatic carbocycles. The van der Waals surface area contributed by atoms with Crippen molar-refractivity contribution < 1.29 is 14.7 Å². The molecule has 0 aliphatic rings. The SMILES string of the molecule is O=C(NCCCO)C(=O)Nc1ccncc1. The van der Waals surface area contributed by atoms with Crippen LogP contribution in [0.4, 0.5) is 5.69 Å². The first-order valence-electron chi connectivity index (χ1n) is 4.84. The number of hydrogen-bond acceptors (Lipinski definition) is 4. The van der Waals surface area contributed by atoms with Gasteiger partial charge in [-0.3, -0.25) is 14.6 Å². The van der Waals surface area contributed by atoms with Gasteiger partial charge in [-0.05, 0) is 18.6 Å². The molecule has 0 aromatic carbocycles. The number of carbonyl (C=O) groups excluding carboxylic acids is 2. The number of aliphatic hydroxyl groups excluding tert-OH is 1. The Hall–Kier alpha value is -1.95. The van der Waals surface area contributed by atoms with Crippen molar-refractivity contribution >= 4 is 17.5 Å². The van der Waals surface area contributed by atoms with Crippen LogP contribution in [0.1, 0.15) is 6.42 Å². The van der Waals surface area contributed by atoms with E-state index >= 15 is 0 Å². The summed E-state index contributed by atoms with van der Waals surface area (Å²) in [5, 5.41) is 13.3. The molecule has 1 aromatic heterocycles. The molecule has 6 nitrogen and oxygen atoms in total. The van der Waals surface area contributed by atoms with E-state index in [1.807, 2.05) is 0 Å². The minimum absolute atomic E-state index is 0.0216. The Morgan fingerprint density at radius 2 is 1.94 bits per heavy atom. The van der Waals surface area contributed by atoms with Gasteiger partial charge in [0.2, 0.25) is 0 Å². The maximum Gasteiger partial charge on any atom is 0.313 e.